The van der Waals surface area contributed by atoms with Crippen molar-refractivity contribution < 1.29 is 0 Å². The van der Waals surface area contributed by atoms with E-state index in [1.54, 1.807) is 18.0 Å². The fourth-order valence-electron chi connectivity index (χ4n) is 1.46. The van der Waals surface area contributed by atoms with E-state index in [0.29, 0.717) is 5.02 Å². The predicted octanol–water partition coefficient (Wildman–Crippen LogP) is 3.99. The van der Waals surface area contributed by atoms with Crippen LogP contribution in [0.1, 0.15) is 10.4 Å². The minimum Gasteiger partial charge on any atom is -0.311 e. The molecule has 0 aliphatic heterocycles. The third-order valence-corrected chi connectivity index (χ3v) is 4.67. The highest BCUT2D eigenvalue weighted by Gasteiger charge is 1.99. The molecule has 1 N–H and O–H groups in total. The van der Waals surface area contributed by atoms with Gasteiger partial charge in [-0.15, -0.1) is 23.1 Å². The Morgan fingerprint density at radius 3 is 2.94 bits per heavy atom. The van der Waals surface area contributed by atoms with E-state index < -0.39 is 0 Å². The highest BCUT2D eigenvalue weighted by molar-refractivity contribution is 7.99. The van der Waals surface area contributed by atoms with Crippen LogP contribution in [-0.4, -0.2) is 17.3 Å². The number of pyridine rings is 1. The summed E-state index contributed by atoms with van der Waals surface area (Å²) < 4.78 is 0. The van der Waals surface area contributed by atoms with Crippen LogP contribution in [0.15, 0.2) is 34.8 Å². The van der Waals surface area contributed by atoms with Gasteiger partial charge in [0, 0.05) is 29.9 Å². The number of nitrogens with one attached hydrogen (secondary N) is 1. The number of hydrogen-bond donors (Lipinski definition) is 1. The van der Waals surface area contributed by atoms with Crippen LogP contribution in [-0.2, 0) is 6.54 Å². The van der Waals surface area contributed by atoms with Crippen LogP contribution in [0.5, 0.6) is 0 Å². The average molecular weight is 299 g/mol. The first kappa shape index (κ1) is 13.9. The summed E-state index contributed by atoms with van der Waals surface area (Å²) in [6.07, 6.45) is 1.69. The van der Waals surface area contributed by atoms with Crippen molar-refractivity contribution in [2.24, 2.45) is 0 Å². The van der Waals surface area contributed by atoms with E-state index >= 15 is 0 Å². The van der Waals surface area contributed by atoms with Gasteiger partial charge in [-0.05, 0) is 36.1 Å². The van der Waals surface area contributed by atoms with E-state index in [9.17, 15) is 0 Å². The Bertz CT molecular complexity index is 482. The highest BCUT2D eigenvalue weighted by atomic mass is 35.5. The lowest BCUT2D eigenvalue weighted by atomic mass is 10.3. The van der Waals surface area contributed by atoms with Crippen molar-refractivity contribution in [2.75, 3.05) is 12.3 Å². The Labute approximate surface area is 121 Å². The summed E-state index contributed by atoms with van der Waals surface area (Å²) in [5, 5.41) is 7.29. The normalized spacial score (nSPS) is 10.8. The molecular weight excluding hydrogens is 284 g/mol. The van der Waals surface area contributed by atoms with E-state index in [-0.39, 0.29) is 0 Å². The molecule has 96 valence electrons. The number of nitrogens with zero attached hydrogens (tertiary/aromatic N) is 1. The Morgan fingerprint density at radius 1 is 1.39 bits per heavy atom. The zero-order valence-electron chi connectivity index (χ0n) is 10.1. The molecule has 18 heavy (non-hydrogen) atoms. The smallest absolute Gasteiger partial charge is 0.0961 e. The van der Waals surface area contributed by atoms with Crippen LogP contribution in [0.3, 0.4) is 0 Å². The summed E-state index contributed by atoms with van der Waals surface area (Å²) in [5.41, 5.74) is 1.37. The van der Waals surface area contributed by atoms with Gasteiger partial charge in [0.15, 0.2) is 0 Å². The molecule has 0 bridgehead atoms. The Kier molecular flexibility index (Phi) is 5.50. The zero-order valence-corrected chi connectivity index (χ0v) is 12.5. The third kappa shape index (κ3) is 4.28. The van der Waals surface area contributed by atoms with Crippen molar-refractivity contribution in [3.05, 3.63) is 45.2 Å². The van der Waals surface area contributed by atoms with Gasteiger partial charge in [0.25, 0.3) is 0 Å². The average Bonchev–Trinajstić information content (AvgIpc) is 2.77. The van der Waals surface area contributed by atoms with Crippen molar-refractivity contribution in [2.45, 2.75) is 18.5 Å². The molecular formula is C13H15ClN2S2. The van der Waals surface area contributed by atoms with Crippen LogP contribution in [0, 0.1) is 6.92 Å². The molecule has 0 radical (unpaired) electrons. The van der Waals surface area contributed by atoms with Crippen molar-refractivity contribution >= 4 is 34.7 Å². The van der Waals surface area contributed by atoms with Gasteiger partial charge in [-0.25, -0.2) is 4.98 Å². The quantitative estimate of drug-likeness (QED) is 0.645. The van der Waals surface area contributed by atoms with Crippen molar-refractivity contribution in [1.82, 2.24) is 10.3 Å². The molecule has 2 heterocycles. The lowest BCUT2D eigenvalue weighted by Gasteiger charge is -2.04. The number of aromatic nitrogens is 1. The topological polar surface area (TPSA) is 24.9 Å². The van der Waals surface area contributed by atoms with Gasteiger partial charge in [0.05, 0.1) is 10.0 Å². The second-order valence-electron chi connectivity index (χ2n) is 3.87. The Morgan fingerprint density at radius 2 is 2.28 bits per heavy atom. The summed E-state index contributed by atoms with van der Waals surface area (Å²) >= 11 is 9.34. The first-order valence-electron chi connectivity index (χ1n) is 5.74. The van der Waals surface area contributed by atoms with Crippen LogP contribution in [0.2, 0.25) is 5.02 Å². The minimum absolute atomic E-state index is 0.686. The molecule has 0 aromatic carbocycles. The molecule has 5 heteroatoms. The van der Waals surface area contributed by atoms with Gasteiger partial charge in [0.1, 0.15) is 0 Å². The second kappa shape index (κ2) is 7.14. The molecule has 0 saturated carbocycles. The highest BCUT2D eigenvalue weighted by Crippen LogP contribution is 2.17. The van der Waals surface area contributed by atoms with Gasteiger partial charge in [0.2, 0.25) is 0 Å². The summed E-state index contributed by atoms with van der Waals surface area (Å²) in [7, 11) is 0. The largest absolute Gasteiger partial charge is 0.311 e. The SMILES string of the molecule is Cc1ccsc1CNCCSc1ccc(Cl)cn1. The van der Waals surface area contributed by atoms with Gasteiger partial charge < -0.3 is 5.32 Å². The zero-order chi connectivity index (χ0) is 12.8. The molecule has 0 aliphatic carbocycles. The van der Waals surface area contributed by atoms with Crippen molar-refractivity contribution in [3.8, 4) is 0 Å². The first-order chi connectivity index (χ1) is 8.75. The number of rotatable bonds is 6. The monoisotopic (exact) mass is 298 g/mol. The predicted molar refractivity (Wildman–Crippen MR) is 80.7 cm³/mol. The van der Waals surface area contributed by atoms with E-state index in [4.69, 9.17) is 11.6 Å². The fourth-order valence-corrected chi connectivity index (χ4v) is 3.20. The molecule has 2 rings (SSSR count). The molecule has 0 unspecified atom stereocenters. The maximum absolute atomic E-state index is 5.78. The van der Waals surface area contributed by atoms with Crippen LogP contribution in [0.4, 0.5) is 0 Å². The molecule has 2 aromatic rings. The van der Waals surface area contributed by atoms with Gasteiger partial charge >= 0.3 is 0 Å². The lowest BCUT2D eigenvalue weighted by molar-refractivity contribution is 0.738. The van der Waals surface area contributed by atoms with Crippen LogP contribution < -0.4 is 5.32 Å². The molecule has 2 nitrogen and oxygen atoms in total. The Balaban J connectivity index is 1.64. The summed E-state index contributed by atoms with van der Waals surface area (Å²) in [6.45, 7) is 4.09. The lowest BCUT2D eigenvalue weighted by Crippen LogP contribution is -2.16. The van der Waals surface area contributed by atoms with Gasteiger partial charge in [-0.1, -0.05) is 11.6 Å². The van der Waals surface area contributed by atoms with E-state index in [2.05, 4.69) is 28.7 Å². The second-order valence-corrected chi connectivity index (χ2v) is 6.42. The molecule has 2 aromatic heterocycles. The molecule has 0 amide bonds. The third-order valence-electron chi connectivity index (χ3n) is 2.48. The number of aryl methyl sites for hydroxylation is 1. The number of halogens is 1. The van der Waals surface area contributed by atoms with Crippen molar-refractivity contribution in [3.63, 3.8) is 0 Å². The maximum Gasteiger partial charge on any atom is 0.0961 e. The summed E-state index contributed by atoms with van der Waals surface area (Å²) in [4.78, 5) is 5.67. The van der Waals surface area contributed by atoms with Crippen molar-refractivity contribution in [1.29, 1.82) is 0 Å². The minimum atomic E-state index is 0.686. The van der Waals surface area contributed by atoms with E-state index in [1.807, 2.05) is 23.5 Å². The molecule has 0 spiro atoms. The molecule has 0 saturated heterocycles. The standard InChI is InChI=1S/C13H15ClN2S2/c1-10-4-6-17-12(10)9-15-5-7-18-13-3-2-11(14)8-16-13/h2-4,6,8,15H,5,7,9H2,1H3. The summed E-state index contributed by atoms with van der Waals surface area (Å²) in [6, 6.07) is 5.99. The van der Waals surface area contributed by atoms with Gasteiger partial charge in [-0.3, -0.25) is 0 Å². The summed E-state index contributed by atoms with van der Waals surface area (Å²) in [5.74, 6) is 1.01. The van der Waals surface area contributed by atoms with E-state index in [1.165, 1.54) is 10.4 Å². The molecule has 0 atom stereocenters. The van der Waals surface area contributed by atoms with Crippen LogP contribution in [0.25, 0.3) is 0 Å². The fraction of sp³-hybridized carbons (Fsp3) is 0.308. The first-order valence-corrected chi connectivity index (χ1v) is 7.98. The van der Waals surface area contributed by atoms with E-state index in [0.717, 1.165) is 23.9 Å². The number of thiophene rings is 1. The number of hydrogen-bond acceptors (Lipinski definition) is 4. The maximum atomic E-state index is 5.78. The van der Waals surface area contributed by atoms with Crippen LogP contribution >= 0.6 is 34.7 Å². The molecule has 0 aliphatic rings. The van der Waals surface area contributed by atoms with Gasteiger partial charge in [-0.2, -0.15) is 0 Å². The number of thioether (sulfide) groups is 1. The molecule has 0 fully saturated rings. The Hall–Kier alpha value is -0.550.